The number of nitrogens with two attached hydrogens (primary N) is 1. The first-order chi connectivity index (χ1) is 35.7. The lowest BCUT2D eigenvalue weighted by atomic mass is 9.91. The van der Waals surface area contributed by atoms with Crippen LogP contribution in [-0.2, 0) is 52.2 Å². The summed E-state index contributed by atoms with van der Waals surface area (Å²) in [5.74, 6) is -0.684. The van der Waals surface area contributed by atoms with Gasteiger partial charge in [0.05, 0.1) is 44.1 Å². The molecule has 1 aromatic carbocycles. The molecule has 24 atom stereocenters. The van der Waals surface area contributed by atoms with Crippen LogP contribution < -0.4 is 15.8 Å². The van der Waals surface area contributed by atoms with Gasteiger partial charge >= 0.3 is 0 Å². The highest BCUT2D eigenvalue weighted by molar-refractivity contribution is 5.73. The minimum Gasteiger partial charge on any atom is -0.490 e. The Bertz CT molecular complexity index is 1910. The van der Waals surface area contributed by atoms with Crippen LogP contribution >= 0.6 is 0 Å². The fourth-order valence-electron chi connectivity index (χ4n) is 9.21. The first kappa shape index (κ1) is 61.1. The number of aliphatic hydroxyl groups is 14. The minimum absolute atomic E-state index is 0.0826. The zero-order chi connectivity index (χ0) is 54.9. The average Bonchev–Trinajstić information content (AvgIpc) is 3.39. The Kier molecular flexibility index (Phi) is 22.5. The maximum atomic E-state index is 12.6. The van der Waals surface area contributed by atoms with Crippen LogP contribution in [0.2, 0.25) is 0 Å². The number of hydrogen-bond donors (Lipinski definition) is 16. The molecule has 5 fully saturated rings. The number of nitro groups is 1. The number of carbonyl (C=O) groups excluding carboxylic acids is 1. The molecule has 0 aliphatic carbocycles. The van der Waals surface area contributed by atoms with E-state index in [1.54, 1.807) is 0 Å². The number of nitrogens with one attached hydrogen (secondary N) is 1. The average molecular weight is 1090 g/mol. The molecule has 1 aromatic rings. The molecule has 0 aromatic heterocycles. The van der Waals surface area contributed by atoms with Gasteiger partial charge in [-0.25, -0.2) is 0 Å². The summed E-state index contributed by atoms with van der Waals surface area (Å²) in [6.07, 6.45) is -38.5. The van der Waals surface area contributed by atoms with Crippen LogP contribution in [0.15, 0.2) is 24.3 Å². The van der Waals surface area contributed by atoms with Gasteiger partial charge in [-0.05, 0) is 37.9 Å². The second kappa shape index (κ2) is 27.7. The van der Waals surface area contributed by atoms with Gasteiger partial charge in [-0.2, -0.15) is 0 Å². The predicted molar refractivity (Wildman–Crippen MR) is 241 cm³/mol. The third-order valence-electron chi connectivity index (χ3n) is 13.4. The number of hydrogen-bond acceptors (Lipinski definition) is 29. The minimum atomic E-state index is -2.16. The summed E-state index contributed by atoms with van der Waals surface area (Å²) in [6, 6.07) is 3.28. The normalized spacial score (nSPS) is 42.5. The molecular weight excluding hydrogens is 1020 g/mol. The Labute approximate surface area is 427 Å². The van der Waals surface area contributed by atoms with Crippen molar-refractivity contribution in [2.75, 3.05) is 52.8 Å². The number of rotatable bonds is 24. The van der Waals surface area contributed by atoms with E-state index in [1.807, 2.05) is 0 Å². The fraction of sp³-hybridized carbons (Fsp3) is 0.841. The van der Waals surface area contributed by atoms with Crippen LogP contribution in [0.25, 0.3) is 0 Å². The van der Waals surface area contributed by atoms with Crippen LogP contribution in [0.1, 0.15) is 32.6 Å². The lowest BCUT2D eigenvalue weighted by Crippen LogP contribution is -2.70. The Hall–Kier alpha value is -3.11. The second-order valence-electron chi connectivity index (χ2n) is 18.9. The molecule has 15 unspecified atom stereocenters. The van der Waals surface area contributed by atoms with Gasteiger partial charge < -0.3 is 135 Å². The summed E-state index contributed by atoms with van der Waals surface area (Å²) < 4.78 is 64.3. The van der Waals surface area contributed by atoms with Gasteiger partial charge in [0.2, 0.25) is 5.91 Å². The van der Waals surface area contributed by atoms with Crippen molar-refractivity contribution in [3.05, 3.63) is 34.4 Å². The Balaban J connectivity index is 1.18. The summed E-state index contributed by atoms with van der Waals surface area (Å²) in [4.78, 5) is 23.2. The summed E-state index contributed by atoms with van der Waals surface area (Å²) in [7, 11) is 0. The van der Waals surface area contributed by atoms with Crippen LogP contribution in [0.3, 0.4) is 0 Å². The first-order valence-corrected chi connectivity index (χ1v) is 24.3. The molecule has 0 spiro atoms. The number of nitrogens with zero attached hydrogens (tertiary/aromatic N) is 1. The molecule has 6 rings (SSSR count). The highest BCUT2D eigenvalue weighted by Gasteiger charge is 2.57. The van der Waals surface area contributed by atoms with E-state index in [1.165, 1.54) is 24.3 Å². The van der Waals surface area contributed by atoms with E-state index < -0.39 is 197 Å². The number of benzene rings is 1. The van der Waals surface area contributed by atoms with Crippen molar-refractivity contribution in [2.24, 2.45) is 5.73 Å². The molecule has 0 radical (unpaired) electrons. The Morgan fingerprint density at radius 3 is 1.77 bits per heavy atom. The molecule has 0 bridgehead atoms. The summed E-state index contributed by atoms with van der Waals surface area (Å²) in [5, 5.41) is 165. The van der Waals surface area contributed by atoms with Crippen molar-refractivity contribution in [3.8, 4) is 5.75 Å². The SMILES string of the molecule is CC(=O)NC1C(O[C@@H]2OC(CO)[C@H](O)C(O)C2O)[C@@H](O)C(CO)O[C@H]1OC1C(O)[C@@H](O[C@H]2C(CO)O[C@@H](OCC3(COc4ccc([N+](=O)[O-])cc4)CC(O)C(O)[C@H](OCCCCCN)O3)C(O)C2O)OC(CO)[C@@H]1O. The van der Waals surface area contributed by atoms with Crippen molar-refractivity contribution in [3.63, 3.8) is 0 Å². The van der Waals surface area contributed by atoms with Gasteiger partial charge in [-0.15, -0.1) is 0 Å². The van der Waals surface area contributed by atoms with Crippen LogP contribution in [0, 0.1) is 10.1 Å². The molecule has 5 aliphatic rings. The molecule has 31 heteroatoms. The highest BCUT2D eigenvalue weighted by atomic mass is 16.8. The quantitative estimate of drug-likeness (QED) is 0.0260. The lowest BCUT2D eigenvalue weighted by molar-refractivity contribution is -0.384. The van der Waals surface area contributed by atoms with E-state index in [-0.39, 0.29) is 24.5 Å². The van der Waals surface area contributed by atoms with Crippen LogP contribution in [0.5, 0.6) is 5.75 Å². The molecule has 17 N–H and O–H groups in total. The zero-order valence-electron chi connectivity index (χ0n) is 40.6. The number of nitro benzene ring substituents is 1. The van der Waals surface area contributed by atoms with Crippen molar-refractivity contribution < 1.29 is 133 Å². The number of non-ortho nitro benzene ring substituents is 1. The third kappa shape index (κ3) is 14.6. The summed E-state index contributed by atoms with van der Waals surface area (Å²) in [6.45, 7) is -3.29. The molecule has 5 aliphatic heterocycles. The predicted octanol–water partition coefficient (Wildman–Crippen LogP) is -8.24. The van der Waals surface area contributed by atoms with Crippen LogP contribution in [-0.4, -0.2) is 282 Å². The largest absolute Gasteiger partial charge is 0.490 e. The van der Waals surface area contributed by atoms with Gasteiger partial charge in [-0.3, -0.25) is 14.9 Å². The standard InChI is InChI=1S/C44H71N3O28/c1-18(52)46-26-37(73-42-33(60)31(58)28(55)22(12-48)69-42)29(56)23(13-49)68-39(26)74-38-30(57)24(14-50)70-43(35(38)62)72-36-25(15-51)71-40(34(61)32(36)59)67-17-44(16-66-20-7-5-19(6-8-20)47(63)64)11-21(53)27(54)41(75-44)65-10-4-2-3-9-45/h5-8,21-43,48-51,53-62H,2-4,9-17,45H2,1H3,(H,46,52)/t21?,22?,23?,24?,25?,26?,27?,28-,29-,30-,31?,32?,33?,34?,35?,36-,37?,38?,39-,40+,41+,42-,43+,44?/m0/s1. The maximum absolute atomic E-state index is 12.6. The molecule has 0 saturated carbocycles. The molecule has 5 saturated heterocycles. The van der Waals surface area contributed by atoms with E-state index in [9.17, 15) is 86.4 Å². The van der Waals surface area contributed by atoms with Crippen molar-refractivity contribution in [1.82, 2.24) is 5.32 Å². The van der Waals surface area contributed by atoms with Gasteiger partial charge in [0.1, 0.15) is 122 Å². The van der Waals surface area contributed by atoms with Crippen molar-refractivity contribution in [1.29, 1.82) is 0 Å². The summed E-state index contributed by atoms with van der Waals surface area (Å²) >= 11 is 0. The fourth-order valence-corrected chi connectivity index (χ4v) is 9.21. The van der Waals surface area contributed by atoms with Crippen molar-refractivity contribution in [2.45, 2.75) is 179 Å². The smallest absolute Gasteiger partial charge is 0.269 e. The van der Waals surface area contributed by atoms with Gasteiger partial charge in [-0.1, -0.05) is 0 Å². The third-order valence-corrected chi connectivity index (χ3v) is 13.4. The maximum Gasteiger partial charge on any atom is 0.269 e. The number of ether oxygens (including phenoxy) is 11. The number of aliphatic hydroxyl groups excluding tert-OH is 14. The second-order valence-corrected chi connectivity index (χ2v) is 18.9. The van der Waals surface area contributed by atoms with Gasteiger partial charge in [0.15, 0.2) is 31.5 Å². The molecule has 75 heavy (non-hydrogen) atoms. The number of unbranched alkanes of at least 4 members (excludes halogenated alkanes) is 2. The Morgan fingerprint density at radius 2 is 1.17 bits per heavy atom. The van der Waals surface area contributed by atoms with Gasteiger partial charge in [0.25, 0.3) is 5.69 Å². The molecule has 1 amide bonds. The van der Waals surface area contributed by atoms with E-state index in [0.29, 0.717) is 25.8 Å². The Morgan fingerprint density at radius 1 is 0.627 bits per heavy atom. The van der Waals surface area contributed by atoms with Crippen molar-refractivity contribution >= 4 is 11.6 Å². The van der Waals surface area contributed by atoms with Gasteiger partial charge in [0, 0.05) is 32.1 Å². The zero-order valence-corrected chi connectivity index (χ0v) is 40.6. The number of carbonyl (C=O) groups is 1. The van der Waals surface area contributed by atoms with E-state index in [2.05, 4.69) is 5.32 Å². The first-order valence-electron chi connectivity index (χ1n) is 24.3. The van der Waals surface area contributed by atoms with E-state index in [4.69, 9.17) is 57.8 Å². The van der Waals surface area contributed by atoms with Crippen LogP contribution in [0.4, 0.5) is 5.69 Å². The molecular formula is C44H71N3O28. The monoisotopic (exact) mass is 1090 g/mol. The molecule has 31 nitrogen and oxygen atoms in total. The van der Waals surface area contributed by atoms with E-state index >= 15 is 0 Å². The molecule has 5 heterocycles. The van der Waals surface area contributed by atoms with E-state index in [0.717, 1.165) is 6.92 Å². The number of amides is 1. The lowest BCUT2D eigenvalue weighted by Gasteiger charge is -2.50. The summed E-state index contributed by atoms with van der Waals surface area (Å²) in [5.41, 5.74) is 3.62. The topological polar surface area (TPSA) is 483 Å². The molecule has 430 valence electrons. The highest BCUT2D eigenvalue weighted by Crippen LogP contribution is 2.37.